The van der Waals surface area contributed by atoms with Gasteiger partial charge in [0.2, 0.25) is 0 Å². The molecule has 3 rings (SSSR count). The molecule has 0 saturated heterocycles. The summed E-state index contributed by atoms with van der Waals surface area (Å²) in [4.78, 5) is 0. The SMILES string of the molecule is COc1cc(CNc2cc(Cl)cc(Cl)c2)cc(Br)c1OCc1ccc(Cl)c(Cl)c1. The molecule has 3 nitrogen and oxygen atoms in total. The van der Waals surface area contributed by atoms with Gasteiger partial charge >= 0.3 is 0 Å². The van der Waals surface area contributed by atoms with E-state index in [-0.39, 0.29) is 0 Å². The number of hydrogen-bond acceptors (Lipinski definition) is 3. The highest BCUT2D eigenvalue weighted by Gasteiger charge is 2.13. The summed E-state index contributed by atoms with van der Waals surface area (Å²) in [6.45, 7) is 0.878. The number of anilines is 1. The number of ether oxygens (including phenoxy) is 2. The van der Waals surface area contributed by atoms with Crippen LogP contribution in [0.1, 0.15) is 11.1 Å². The number of hydrogen-bond donors (Lipinski definition) is 1. The van der Waals surface area contributed by atoms with Crippen LogP contribution in [0.4, 0.5) is 5.69 Å². The van der Waals surface area contributed by atoms with Gasteiger partial charge in [-0.25, -0.2) is 0 Å². The van der Waals surface area contributed by atoms with E-state index in [1.165, 1.54) is 0 Å². The number of benzene rings is 3. The summed E-state index contributed by atoms with van der Waals surface area (Å²) in [5.74, 6) is 1.22. The van der Waals surface area contributed by atoms with E-state index in [1.807, 2.05) is 30.3 Å². The van der Waals surface area contributed by atoms with Crippen LogP contribution in [0.2, 0.25) is 20.1 Å². The minimum Gasteiger partial charge on any atom is -0.493 e. The quantitative estimate of drug-likeness (QED) is 0.330. The van der Waals surface area contributed by atoms with Crippen molar-refractivity contribution in [1.29, 1.82) is 0 Å². The summed E-state index contributed by atoms with van der Waals surface area (Å²) in [6.07, 6.45) is 0. The number of halogens is 5. The second kappa shape index (κ2) is 10.1. The van der Waals surface area contributed by atoms with Crippen molar-refractivity contribution in [2.45, 2.75) is 13.2 Å². The van der Waals surface area contributed by atoms with Crippen LogP contribution in [0.5, 0.6) is 11.5 Å². The maximum Gasteiger partial charge on any atom is 0.175 e. The van der Waals surface area contributed by atoms with Gasteiger partial charge < -0.3 is 14.8 Å². The Morgan fingerprint density at radius 3 is 2.24 bits per heavy atom. The van der Waals surface area contributed by atoms with Crippen LogP contribution in [-0.2, 0) is 13.2 Å². The molecule has 0 amide bonds. The van der Waals surface area contributed by atoms with Crippen molar-refractivity contribution in [1.82, 2.24) is 0 Å². The highest BCUT2D eigenvalue weighted by atomic mass is 79.9. The van der Waals surface area contributed by atoms with Crippen molar-refractivity contribution in [3.63, 3.8) is 0 Å². The summed E-state index contributed by atoms with van der Waals surface area (Å²) in [5.41, 5.74) is 2.72. The Morgan fingerprint density at radius 2 is 1.59 bits per heavy atom. The Labute approximate surface area is 197 Å². The molecule has 3 aromatic carbocycles. The summed E-state index contributed by atoms with van der Waals surface area (Å²) in [6, 6.07) is 14.6. The third-order valence-corrected chi connectivity index (χ3v) is 5.78. The Hall–Kier alpha value is -1.30. The van der Waals surface area contributed by atoms with Crippen LogP contribution in [0.3, 0.4) is 0 Å². The van der Waals surface area contributed by atoms with E-state index in [4.69, 9.17) is 55.9 Å². The summed E-state index contributed by atoms with van der Waals surface area (Å²) in [7, 11) is 1.60. The van der Waals surface area contributed by atoms with Gasteiger partial charge in [0.05, 0.1) is 21.6 Å². The molecule has 29 heavy (non-hydrogen) atoms. The molecule has 3 aromatic rings. The molecule has 0 aromatic heterocycles. The van der Waals surface area contributed by atoms with Gasteiger partial charge in [-0.2, -0.15) is 0 Å². The zero-order chi connectivity index (χ0) is 21.0. The molecule has 0 aliphatic carbocycles. The maximum atomic E-state index is 6.07. The summed E-state index contributed by atoms with van der Waals surface area (Å²) >= 11 is 27.7. The molecule has 0 unspecified atom stereocenters. The van der Waals surface area contributed by atoms with Crippen molar-refractivity contribution in [2.75, 3.05) is 12.4 Å². The Kier molecular flexibility index (Phi) is 7.83. The Bertz CT molecular complexity index is 1010. The molecule has 0 fully saturated rings. The molecule has 8 heteroatoms. The molecule has 0 saturated carbocycles. The lowest BCUT2D eigenvalue weighted by molar-refractivity contribution is 0.282. The van der Waals surface area contributed by atoms with Crippen molar-refractivity contribution in [3.8, 4) is 11.5 Å². The standard InChI is InChI=1S/C21H16BrCl4NO2/c1-28-20-6-13(10-27-16-8-14(23)7-15(24)9-16)4-17(22)21(20)29-11-12-2-3-18(25)19(26)5-12/h2-9,27H,10-11H2,1H3. The average Bonchev–Trinajstić information content (AvgIpc) is 2.67. The van der Waals surface area contributed by atoms with Gasteiger partial charge in [0.1, 0.15) is 6.61 Å². The maximum absolute atomic E-state index is 6.07. The second-order valence-corrected chi connectivity index (χ2v) is 8.70. The van der Waals surface area contributed by atoms with Crippen molar-refractivity contribution in [2.24, 2.45) is 0 Å². The largest absolute Gasteiger partial charge is 0.493 e. The first-order valence-corrected chi connectivity index (χ1v) is 10.8. The zero-order valence-electron chi connectivity index (χ0n) is 15.2. The third-order valence-electron chi connectivity index (χ3n) is 4.02. The van der Waals surface area contributed by atoms with E-state index in [0.717, 1.165) is 21.3 Å². The van der Waals surface area contributed by atoms with Gasteiger partial charge in [0, 0.05) is 22.3 Å². The van der Waals surface area contributed by atoms with Gasteiger partial charge in [-0.3, -0.25) is 0 Å². The zero-order valence-corrected chi connectivity index (χ0v) is 19.8. The van der Waals surface area contributed by atoms with Crippen molar-refractivity contribution >= 4 is 68.0 Å². The minimum absolute atomic E-state index is 0.324. The molecule has 0 radical (unpaired) electrons. The topological polar surface area (TPSA) is 30.5 Å². The molecule has 0 aliphatic rings. The van der Waals surface area contributed by atoms with Crippen LogP contribution < -0.4 is 14.8 Å². The van der Waals surface area contributed by atoms with E-state index in [2.05, 4.69) is 21.2 Å². The number of methoxy groups -OCH3 is 1. The fraction of sp³-hybridized carbons (Fsp3) is 0.143. The van der Waals surface area contributed by atoms with E-state index in [9.17, 15) is 0 Å². The molecular formula is C21H16BrCl4NO2. The van der Waals surface area contributed by atoms with Crippen LogP contribution in [0, 0.1) is 0 Å². The van der Waals surface area contributed by atoms with Crippen LogP contribution in [-0.4, -0.2) is 7.11 Å². The fourth-order valence-corrected chi connectivity index (χ4v) is 4.11. The highest BCUT2D eigenvalue weighted by molar-refractivity contribution is 9.10. The van der Waals surface area contributed by atoms with Crippen molar-refractivity contribution in [3.05, 3.63) is 84.2 Å². The van der Waals surface area contributed by atoms with Crippen LogP contribution in [0.15, 0.2) is 53.0 Å². The molecule has 0 bridgehead atoms. The van der Waals surface area contributed by atoms with E-state index in [0.29, 0.717) is 44.7 Å². The first-order valence-electron chi connectivity index (χ1n) is 8.49. The van der Waals surface area contributed by atoms with Gasteiger partial charge in [-0.15, -0.1) is 0 Å². The predicted octanol–water partition coefficient (Wildman–Crippen LogP) is 8.26. The molecule has 0 atom stereocenters. The molecule has 1 N–H and O–H groups in total. The van der Waals surface area contributed by atoms with Gasteiger partial charge in [-0.1, -0.05) is 52.5 Å². The fourth-order valence-electron chi connectivity index (χ4n) is 2.66. The third kappa shape index (κ3) is 6.09. The second-order valence-electron chi connectivity index (χ2n) is 6.16. The summed E-state index contributed by atoms with van der Waals surface area (Å²) in [5, 5.41) is 5.44. The van der Waals surface area contributed by atoms with Crippen LogP contribution >= 0.6 is 62.3 Å². The average molecular weight is 536 g/mol. The highest BCUT2D eigenvalue weighted by Crippen LogP contribution is 2.37. The molecule has 0 aliphatic heterocycles. The monoisotopic (exact) mass is 533 g/mol. The normalized spacial score (nSPS) is 10.7. The lowest BCUT2D eigenvalue weighted by Crippen LogP contribution is -2.03. The predicted molar refractivity (Wildman–Crippen MR) is 125 cm³/mol. The smallest absolute Gasteiger partial charge is 0.175 e. The first-order chi connectivity index (χ1) is 13.9. The van der Waals surface area contributed by atoms with Crippen molar-refractivity contribution < 1.29 is 9.47 Å². The summed E-state index contributed by atoms with van der Waals surface area (Å²) < 4.78 is 12.3. The van der Waals surface area contributed by atoms with Gasteiger partial charge in [0.15, 0.2) is 11.5 Å². The number of nitrogens with one attached hydrogen (secondary N) is 1. The van der Waals surface area contributed by atoms with E-state index >= 15 is 0 Å². The Morgan fingerprint density at radius 1 is 0.862 bits per heavy atom. The molecular weight excluding hydrogens is 520 g/mol. The molecule has 152 valence electrons. The van der Waals surface area contributed by atoms with E-state index in [1.54, 1.807) is 25.3 Å². The lowest BCUT2D eigenvalue weighted by atomic mass is 10.2. The van der Waals surface area contributed by atoms with Gasteiger partial charge in [0.25, 0.3) is 0 Å². The lowest BCUT2D eigenvalue weighted by Gasteiger charge is -2.15. The minimum atomic E-state index is 0.324. The first kappa shape index (κ1) is 22.4. The molecule has 0 heterocycles. The Balaban J connectivity index is 1.73. The van der Waals surface area contributed by atoms with Crippen LogP contribution in [0.25, 0.3) is 0 Å². The number of rotatable bonds is 7. The molecule has 0 spiro atoms. The van der Waals surface area contributed by atoms with E-state index < -0.39 is 0 Å². The van der Waals surface area contributed by atoms with Gasteiger partial charge in [-0.05, 0) is 69.5 Å².